The van der Waals surface area contributed by atoms with Gasteiger partial charge in [-0.2, -0.15) is 0 Å². The third kappa shape index (κ3) is 4.30. The van der Waals surface area contributed by atoms with Crippen LogP contribution in [0.3, 0.4) is 0 Å². The standard InChI is InChI=1S/C14H17BrN2OS/c1-2-11(16)5-10-6-12(3-4-14(10)15)18-8-13-7-17-9-19-13/h3-4,6-7,9,11H,2,5,8,16H2,1H3. The summed E-state index contributed by atoms with van der Waals surface area (Å²) in [6.45, 7) is 2.66. The van der Waals surface area contributed by atoms with Crippen molar-refractivity contribution in [2.45, 2.75) is 32.4 Å². The van der Waals surface area contributed by atoms with Gasteiger partial charge >= 0.3 is 0 Å². The number of benzene rings is 1. The molecule has 2 rings (SSSR count). The minimum atomic E-state index is 0.188. The summed E-state index contributed by atoms with van der Waals surface area (Å²) >= 11 is 5.16. The molecule has 5 heteroatoms. The van der Waals surface area contributed by atoms with Crippen molar-refractivity contribution in [1.82, 2.24) is 4.98 Å². The highest BCUT2D eigenvalue weighted by molar-refractivity contribution is 9.10. The van der Waals surface area contributed by atoms with Crippen LogP contribution in [0.25, 0.3) is 0 Å². The average molecular weight is 341 g/mol. The normalized spacial score (nSPS) is 12.4. The van der Waals surface area contributed by atoms with Crippen molar-refractivity contribution in [3.05, 3.63) is 44.8 Å². The predicted molar refractivity (Wildman–Crippen MR) is 82.6 cm³/mol. The minimum Gasteiger partial charge on any atom is -0.488 e. The topological polar surface area (TPSA) is 48.1 Å². The van der Waals surface area contributed by atoms with Gasteiger partial charge in [0.25, 0.3) is 0 Å². The molecule has 1 heterocycles. The first kappa shape index (κ1) is 14.5. The molecule has 0 radical (unpaired) electrons. The zero-order valence-electron chi connectivity index (χ0n) is 10.8. The van der Waals surface area contributed by atoms with E-state index in [-0.39, 0.29) is 6.04 Å². The number of nitrogens with two attached hydrogens (primary N) is 1. The summed E-state index contributed by atoms with van der Waals surface area (Å²) in [5, 5.41) is 0. The summed E-state index contributed by atoms with van der Waals surface area (Å²) in [7, 11) is 0. The van der Waals surface area contributed by atoms with Gasteiger partial charge in [-0.15, -0.1) is 11.3 Å². The zero-order valence-corrected chi connectivity index (χ0v) is 13.2. The molecule has 2 N–H and O–H groups in total. The Labute approximate surface area is 125 Å². The van der Waals surface area contributed by atoms with Gasteiger partial charge in [0.1, 0.15) is 12.4 Å². The van der Waals surface area contributed by atoms with E-state index in [1.54, 1.807) is 11.3 Å². The largest absolute Gasteiger partial charge is 0.488 e. The second kappa shape index (κ2) is 7.03. The Kier molecular flexibility index (Phi) is 5.36. The van der Waals surface area contributed by atoms with Crippen molar-refractivity contribution >= 4 is 27.3 Å². The van der Waals surface area contributed by atoms with Crippen LogP contribution in [0.5, 0.6) is 5.75 Å². The molecule has 0 aliphatic carbocycles. The molecule has 0 aliphatic rings. The second-order valence-corrected chi connectivity index (χ2v) is 6.21. The Morgan fingerprint density at radius 3 is 3.00 bits per heavy atom. The highest BCUT2D eigenvalue weighted by Gasteiger charge is 2.07. The molecule has 0 aliphatic heterocycles. The lowest BCUT2D eigenvalue weighted by Crippen LogP contribution is -2.21. The second-order valence-electron chi connectivity index (χ2n) is 4.38. The molecule has 2 aromatic rings. The Morgan fingerprint density at radius 1 is 1.47 bits per heavy atom. The van der Waals surface area contributed by atoms with Crippen molar-refractivity contribution < 1.29 is 4.74 Å². The maximum atomic E-state index is 6.01. The van der Waals surface area contributed by atoms with Gasteiger partial charge in [0.15, 0.2) is 0 Å². The number of rotatable bonds is 6. The predicted octanol–water partition coefficient (Wildman–Crippen LogP) is 3.76. The maximum absolute atomic E-state index is 6.01. The average Bonchev–Trinajstić information content (AvgIpc) is 2.92. The highest BCUT2D eigenvalue weighted by atomic mass is 79.9. The summed E-state index contributed by atoms with van der Waals surface area (Å²) < 4.78 is 6.85. The van der Waals surface area contributed by atoms with Gasteiger partial charge in [0.05, 0.1) is 10.4 Å². The molecular formula is C14H17BrN2OS. The number of hydrogen-bond donors (Lipinski definition) is 1. The van der Waals surface area contributed by atoms with E-state index in [1.165, 1.54) is 5.56 Å². The van der Waals surface area contributed by atoms with E-state index < -0.39 is 0 Å². The molecule has 0 bridgehead atoms. The van der Waals surface area contributed by atoms with E-state index in [9.17, 15) is 0 Å². The summed E-state index contributed by atoms with van der Waals surface area (Å²) in [4.78, 5) is 5.15. The lowest BCUT2D eigenvalue weighted by atomic mass is 10.0. The van der Waals surface area contributed by atoms with E-state index in [0.29, 0.717) is 6.61 Å². The Balaban J connectivity index is 2.03. The van der Waals surface area contributed by atoms with Crippen LogP contribution in [0.15, 0.2) is 34.4 Å². The quantitative estimate of drug-likeness (QED) is 0.870. The first-order valence-electron chi connectivity index (χ1n) is 6.23. The van der Waals surface area contributed by atoms with Gasteiger partial charge in [-0.1, -0.05) is 22.9 Å². The van der Waals surface area contributed by atoms with Gasteiger partial charge in [-0.05, 0) is 36.6 Å². The number of nitrogens with zero attached hydrogens (tertiary/aromatic N) is 1. The molecule has 102 valence electrons. The van der Waals surface area contributed by atoms with Gasteiger partial charge in [0, 0.05) is 16.7 Å². The van der Waals surface area contributed by atoms with Crippen LogP contribution in [0, 0.1) is 0 Å². The lowest BCUT2D eigenvalue weighted by molar-refractivity contribution is 0.309. The third-order valence-electron chi connectivity index (χ3n) is 2.89. The zero-order chi connectivity index (χ0) is 13.7. The van der Waals surface area contributed by atoms with Crippen LogP contribution in [0.2, 0.25) is 0 Å². The lowest BCUT2D eigenvalue weighted by Gasteiger charge is -2.12. The third-order valence-corrected chi connectivity index (χ3v) is 4.41. The number of hydrogen-bond acceptors (Lipinski definition) is 4. The highest BCUT2D eigenvalue weighted by Crippen LogP contribution is 2.25. The number of thiazole rings is 1. The minimum absolute atomic E-state index is 0.188. The SMILES string of the molecule is CCC(N)Cc1cc(OCc2cncs2)ccc1Br. The molecular weight excluding hydrogens is 324 g/mol. The van der Waals surface area contributed by atoms with Gasteiger partial charge in [0.2, 0.25) is 0 Å². The summed E-state index contributed by atoms with van der Waals surface area (Å²) in [6.07, 6.45) is 3.66. The molecule has 3 nitrogen and oxygen atoms in total. The molecule has 19 heavy (non-hydrogen) atoms. The molecule has 1 unspecified atom stereocenters. The van der Waals surface area contributed by atoms with Gasteiger partial charge < -0.3 is 10.5 Å². The van der Waals surface area contributed by atoms with Crippen molar-refractivity contribution in [3.8, 4) is 5.75 Å². The number of aromatic nitrogens is 1. The van der Waals surface area contributed by atoms with Crippen molar-refractivity contribution in [2.24, 2.45) is 5.73 Å². The summed E-state index contributed by atoms with van der Waals surface area (Å²) in [5.41, 5.74) is 9.01. The van der Waals surface area contributed by atoms with Crippen molar-refractivity contribution in [1.29, 1.82) is 0 Å². The molecule has 0 fully saturated rings. The molecule has 0 amide bonds. The molecule has 0 spiro atoms. The molecule has 1 atom stereocenters. The van der Waals surface area contributed by atoms with Crippen molar-refractivity contribution in [3.63, 3.8) is 0 Å². The number of ether oxygens (including phenoxy) is 1. The van der Waals surface area contributed by atoms with E-state index in [0.717, 1.165) is 27.9 Å². The molecule has 0 saturated heterocycles. The van der Waals surface area contributed by atoms with Crippen LogP contribution >= 0.6 is 27.3 Å². The number of halogens is 1. The van der Waals surface area contributed by atoms with Gasteiger partial charge in [-0.3, -0.25) is 4.98 Å². The summed E-state index contributed by atoms with van der Waals surface area (Å²) in [5.74, 6) is 0.870. The van der Waals surface area contributed by atoms with Crippen LogP contribution in [0.1, 0.15) is 23.8 Å². The van der Waals surface area contributed by atoms with E-state index in [2.05, 4.69) is 33.9 Å². The van der Waals surface area contributed by atoms with Crippen LogP contribution < -0.4 is 10.5 Å². The van der Waals surface area contributed by atoms with Crippen molar-refractivity contribution in [2.75, 3.05) is 0 Å². The first-order chi connectivity index (χ1) is 9.19. The van der Waals surface area contributed by atoms with E-state index in [1.807, 2.05) is 23.8 Å². The Morgan fingerprint density at radius 2 is 2.32 bits per heavy atom. The smallest absolute Gasteiger partial charge is 0.124 e. The van der Waals surface area contributed by atoms with E-state index in [4.69, 9.17) is 10.5 Å². The summed E-state index contributed by atoms with van der Waals surface area (Å²) in [6, 6.07) is 6.22. The molecule has 0 saturated carbocycles. The Bertz CT molecular complexity index is 516. The fourth-order valence-electron chi connectivity index (χ4n) is 1.69. The fraction of sp³-hybridized carbons (Fsp3) is 0.357. The fourth-order valence-corrected chi connectivity index (χ4v) is 2.61. The van der Waals surface area contributed by atoms with Crippen LogP contribution in [0.4, 0.5) is 0 Å². The first-order valence-corrected chi connectivity index (χ1v) is 7.90. The molecule has 1 aromatic heterocycles. The monoisotopic (exact) mass is 340 g/mol. The van der Waals surface area contributed by atoms with Crippen LogP contribution in [-0.2, 0) is 13.0 Å². The van der Waals surface area contributed by atoms with Crippen LogP contribution in [-0.4, -0.2) is 11.0 Å². The Hall–Kier alpha value is -0.910. The van der Waals surface area contributed by atoms with Gasteiger partial charge in [-0.25, -0.2) is 0 Å². The van der Waals surface area contributed by atoms with E-state index >= 15 is 0 Å². The maximum Gasteiger partial charge on any atom is 0.124 e. The molecule has 1 aromatic carbocycles.